The molecule has 1 aromatic rings. The molecule has 0 saturated carbocycles. The van der Waals surface area contributed by atoms with Crippen molar-refractivity contribution in [3.63, 3.8) is 0 Å². The van der Waals surface area contributed by atoms with Crippen molar-refractivity contribution in [2.45, 2.75) is 182 Å². The number of thiazole rings is 1. The molecular formula is C38H68N4O6SSi2. The number of cyclic esters (lactones) is 1. The number of ether oxygens (including phenoxy) is 1. The maximum Gasteiger partial charge on any atom is 0.309 e. The maximum absolute atomic E-state index is 14.9. The van der Waals surface area contributed by atoms with Crippen molar-refractivity contribution < 1.29 is 28.3 Å². The smallest absolute Gasteiger partial charge is 0.309 e. The van der Waals surface area contributed by atoms with Crippen LogP contribution >= 0.6 is 11.3 Å². The van der Waals surface area contributed by atoms with Crippen molar-refractivity contribution >= 4 is 45.8 Å². The summed E-state index contributed by atoms with van der Waals surface area (Å²) < 4.78 is 20.5. The number of rotatable bonds is 13. The molecule has 10 nitrogen and oxygen atoms in total. The molecule has 7 atom stereocenters. The molecule has 0 aromatic carbocycles. The summed E-state index contributed by atoms with van der Waals surface area (Å²) in [5.41, 5.74) is 10.00. The Kier molecular flexibility index (Phi) is 18.3. The van der Waals surface area contributed by atoms with Crippen molar-refractivity contribution in [3.05, 3.63) is 32.1 Å². The van der Waals surface area contributed by atoms with Crippen LogP contribution in [0.2, 0.25) is 36.3 Å². The Hall–Kier alpha value is -1.87. The number of ketones is 1. The Labute approximate surface area is 314 Å². The van der Waals surface area contributed by atoms with Gasteiger partial charge in [0.15, 0.2) is 16.6 Å². The van der Waals surface area contributed by atoms with E-state index in [1.165, 1.54) is 11.3 Å². The maximum atomic E-state index is 14.9. The lowest BCUT2D eigenvalue weighted by Crippen LogP contribution is -2.53. The Morgan fingerprint density at radius 1 is 1.06 bits per heavy atom. The zero-order valence-corrected chi connectivity index (χ0v) is 36.5. The zero-order valence-electron chi connectivity index (χ0n) is 33.7. The van der Waals surface area contributed by atoms with Crippen LogP contribution in [0.5, 0.6) is 0 Å². The van der Waals surface area contributed by atoms with E-state index in [-0.39, 0.29) is 30.6 Å². The van der Waals surface area contributed by atoms with Crippen LogP contribution < -0.4 is 0 Å². The molecule has 0 bridgehead atoms. The number of azide groups is 1. The minimum Gasteiger partial charge on any atom is -0.458 e. The first-order valence-corrected chi connectivity index (χ1v) is 25.4. The Morgan fingerprint density at radius 2 is 1.63 bits per heavy atom. The lowest BCUT2D eigenvalue weighted by atomic mass is 9.73. The predicted molar refractivity (Wildman–Crippen MR) is 214 cm³/mol. The van der Waals surface area contributed by atoms with E-state index in [0.29, 0.717) is 12.8 Å². The first-order valence-electron chi connectivity index (χ1n) is 19.4. The molecule has 0 amide bonds. The van der Waals surface area contributed by atoms with Gasteiger partial charge >= 0.3 is 5.97 Å². The third-order valence-corrected chi connectivity index (χ3v) is 22.0. The zero-order chi connectivity index (χ0) is 38.6. The fourth-order valence-electron chi connectivity index (χ4n) is 7.67. The standard InChI is InChI=1S/C38H68N4O6SSi2/c1-13-50(14-2,15-3)47-34-24-35(44)46-33(27(8)22-30-25-49-29(10)40-30)23-31(41-42-39)32(43)21-19-20-26(7)36(28(9)37(45)38(34,11)12)48-51(16-4,17-5)18-6/h22,25-26,28,31-34,36,43H,13-21,23-24H2,1-12H3/t26-,28+,31-,32-,33?,34-,36-/m0/s1. The van der Waals surface area contributed by atoms with Crippen LogP contribution in [0, 0.1) is 24.2 Å². The van der Waals surface area contributed by atoms with E-state index in [1.54, 1.807) is 0 Å². The first-order chi connectivity index (χ1) is 24.0. The lowest BCUT2D eigenvalue weighted by Gasteiger charge is -2.44. The van der Waals surface area contributed by atoms with Gasteiger partial charge in [-0.25, -0.2) is 4.98 Å². The van der Waals surface area contributed by atoms with Gasteiger partial charge in [-0.05, 0) is 92.5 Å². The number of nitrogens with zero attached hydrogens (tertiary/aromatic N) is 4. The van der Waals surface area contributed by atoms with E-state index in [4.69, 9.17) is 13.6 Å². The molecule has 1 unspecified atom stereocenters. The number of aliphatic hydroxyl groups excluding tert-OH is 1. The van der Waals surface area contributed by atoms with E-state index in [2.05, 4.69) is 63.5 Å². The molecule has 2 rings (SSSR count). The number of aromatic nitrogens is 1. The van der Waals surface area contributed by atoms with Crippen molar-refractivity contribution in [3.8, 4) is 0 Å². The van der Waals surface area contributed by atoms with Gasteiger partial charge in [-0.3, -0.25) is 9.59 Å². The second kappa shape index (κ2) is 20.6. The molecule has 1 aromatic heterocycles. The monoisotopic (exact) mass is 764 g/mol. The van der Waals surface area contributed by atoms with Crippen LogP contribution in [0.3, 0.4) is 0 Å². The molecule has 290 valence electrons. The summed E-state index contributed by atoms with van der Waals surface area (Å²) in [5.74, 6) is -0.864. The number of carbonyl (C=O) groups is 2. The molecule has 1 aliphatic heterocycles. The number of carbonyl (C=O) groups excluding carboxylic acids is 2. The summed E-state index contributed by atoms with van der Waals surface area (Å²) >= 11 is 1.53. The van der Waals surface area contributed by atoms with Gasteiger partial charge in [-0.2, -0.15) is 0 Å². The van der Waals surface area contributed by atoms with E-state index in [1.807, 2.05) is 46.1 Å². The number of aliphatic hydroxyl groups is 1. The summed E-state index contributed by atoms with van der Waals surface area (Å²) in [6.07, 6.45) is 0.938. The van der Waals surface area contributed by atoms with Crippen LogP contribution in [-0.4, -0.2) is 68.9 Å². The molecule has 13 heteroatoms. The second-order valence-electron chi connectivity index (χ2n) is 15.4. The van der Waals surface area contributed by atoms with Gasteiger partial charge in [0.25, 0.3) is 0 Å². The molecule has 1 N–H and O–H groups in total. The molecule has 1 saturated heterocycles. The van der Waals surface area contributed by atoms with Crippen molar-refractivity contribution in [1.29, 1.82) is 0 Å². The molecule has 0 radical (unpaired) electrons. The largest absolute Gasteiger partial charge is 0.458 e. The average Bonchev–Trinajstić information content (AvgIpc) is 3.53. The topological polar surface area (TPSA) is 144 Å². The van der Waals surface area contributed by atoms with Crippen LogP contribution in [-0.2, 0) is 23.2 Å². The van der Waals surface area contributed by atoms with Crippen molar-refractivity contribution in [2.75, 3.05) is 0 Å². The van der Waals surface area contributed by atoms with Crippen LogP contribution in [0.15, 0.2) is 16.1 Å². The second-order valence-corrected chi connectivity index (χ2v) is 25.9. The van der Waals surface area contributed by atoms with Gasteiger partial charge in [0.1, 0.15) is 11.9 Å². The summed E-state index contributed by atoms with van der Waals surface area (Å²) in [6, 6.07) is 4.69. The minimum absolute atomic E-state index is 0.0357. The van der Waals surface area contributed by atoms with Crippen molar-refractivity contribution in [2.24, 2.45) is 22.4 Å². The summed E-state index contributed by atoms with van der Waals surface area (Å²) in [7, 11) is -4.41. The number of esters is 1. The Morgan fingerprint density at radius 3 is 2.14 bits per heavy atom. The summed E-state index contributed by atoms with van der Waals surface area (Å²) in [6.45, 7) is 24.8. The van der Waals surface area contributed by atoms with E-state index >= 15 is 0 Å². The number of hydrogen-bond donors (Lipinski definition) is 1. The van der Waals surface area contributed by atoms with Gasteiger partial charge < -0.3 is 18.7 Å². The fraction of sp³-hybridized carbons (Fsp3) is 0.816. The molecule has 1 fully saturated rings. The highest BCUT2D eigenvalue weighted by atomic mass is 32.1. The number of aryl methyl sites for hydroxylation is 1. The SMILES string of the molecule is CC[Si](CC)(CC)O[C@H]1[C@@H](C)CCC[C@H](O)[C@@H](N=[N+]=[N-])CC(C(C)=Cc2csc(C)n2)OC(=O)C[C@H](O[Si](CC)(CC)CC)C(C)(C)C(=O)[C@@H]1C. The Balaban J connectivity index is 2.74. The van der Waals surface area contributed by atoms with Crippen LogP contribution in [0.1, 0.15) is 119 Å². The lowest BCUT2D eigenvalue weighted by molar-refractivity contribution is -0.154. The summed E-state index contributed by atoms with van der Waals surface area (Å²) in [4.78, 5) is 36.7. The van der Waals surface area contributed by atoms with Gasteiger partial charge in [0.05, 0.1) is 41.5 Å². The third kappa shape index (κ3) is 12.1. The van der Waals surface area contributed by atoms with Gasteiger partial charge in [0.2, 0.25) is 0 Å². The minimum atomic E-state index is -2.29. The molecular weight excluding hydrogens is 697 g/mol. The van der Waals surface area contributed by atoms with Gasteiger partial charge in [-0.15, -0.1) is 11.3 Å². The quantitative estimate of drug-likeness (QED) is 0.0692. The van der Waals surface area contributed by atoms with E-state index < -0.39 is 58.3 Å². The Bertz CT molecular complexity index is 1320. The molecule has 2 heterocycles. The fourth-order valence-corrected chi connectivity index (χ4v) is 14.2. The van der Waals surface area contributed by atoms with Crippen LogP contribution in [0.4, 0.5) is 0 Å². The number of Topliss-reactive ketones (excluding diaryl/α,β-unsaturated/α-hetero) is 1. The number of hydrogen-bond acceptors (Lipinski definition) is 9. The predicted octanol–water partition coefficient (Wildman–Crippen LogP) is 10.4. The first kappa shape index (κ1) is 45.3. The summed E-state index contributed by atoms with van der Waals surface area (Å²) in [5, 5.41) is 18.3. The molecule has 1 aliphatic rings. The van der Waals surface area contributed by atoms with Gasteiger partial charge in [-0.1, -0.05) is 80.8 Å². The van der Waals surface area contributed by atoms with Crippen LogP contribution in [0.25, 0.3) is 16.5 Å². The normalized spacial score (nSPS) is 27.9. The van der Waals surface area contributed by atoms with Gasteiger partial charge in [0, 0.05) is 21.6 Å². The highest BCUT2D eigenvalue weighted by Crippen LogP contribution is 2.40. The average molecular weight is 765 g/mol. The highest BCUT2D eigenvalue weighted by Gasteiger charge is 2.48. The van der Waals surface area contributed by atoms with Crippen molar-refractivity contribution in [1.82, 2.24) is 4.98 Å². The third-order valence-electron chi connectivity index (χ3n) is 12.0. The highest BCUT2D eigenvalue weighted by molar-refractivity contribution is 7.09. The van der Waals surface area contributed by atoms with E-state index in [9.17, 15) is 20.2 Å². The van der Waals surface area contributed by atoms with E-state index in [0.717, 1.165) is 59.0 Å². The molecule has 0 spiro atoms. The molecule has 51 heavy (non-hydrogen) atoms. The molecule has 0 aliphatic carbocycles.